The molecular formula is C11H19NO4. The molecule has 1 heterocycles. The van der Waals surface area contributed by atoms with Gasteiger partial charge in [-0.3, -0.25) is 4.90 Å². The van der Waals surface area contributed by atoms with E-state index in [0.717, 1.165) is 25.8 Å². The lowest BCUT2D eigenvalue weighted by molar-refractivity contribution is -0.161. The quantitative estimate of drug-likeness (QED) is 0.663. The summed E-state index contributed by atoms with van der Waals surface area (Å²) in [5.74, 6) is -0.322. The molecule has 3 atom stereocenters. The van der Waals surface area contributed by atoms with Crippen LogP contribution in [0.15, 0.2) is 0 Å². The summed E-state index contributed by atoms with van der Waals surface area (Å²) in [6.45, 7) is 1.85. The second-order valence-corrected chi connectivity index (χ2v) is 4.44. The first-order valence-corrected chi connectivity index (χ1v) is 5.84. The van der Waals surface area contributed by atoms with Gasteiger partial charge in [-0.25, -0.2) is 4.79 Å². The van der Waals surface area contributed by atoms with Gasteiger partial charge in [0.2, 0.25) is 0 Å². The highest BCUT2D eigenvalue weighted by atomic mass is 16.6. The van der Waals surface area contributed by atoms with Gasteiger partial charge in [-0.1, -0.05) is 0 Å². The molecule has 0 aromatic rings. The lowest BCUT2D eigenvalue weighted by Crippen LogP contribution is -2.52. The summed E-state index contributed by atoms with van der Waals surface area (Å²) in [6, 6.07) is 0.191. The van der Waals surface area contributed by atoms with Crippen molar-refractivity contribution < 1.29 is 19.4 Å². The van der Waals surface area contributed by atoms with E-state index in [1.54, 1.807) is 0 Å². The van der Waals surface area contributed by atoms with Gasteiger partial charge >= 0.3 is 5.97 Å². The van der Waals surface area contributed by atoms with Crippen molar-refractivity contribution in [3.05, 3.63) is 0 Å². The molecule has 16 heavy (non-hydrogen) atoms. The van der Waals surface area contributed by atoms with Crippen LogP contribution in [0.2, 0.25) is 0 Å². The van der Waals surface area contributed by atoms with Crippen molar-refractivity contribution in [3.8, 4) is 0 Å². The third-order valence-corrected chi connectivity index (χ3v) is 3.47. The number of methoxy groups -OCH3 is 1. The lowest BCUT2D eigenvalue weighted by atomic mass is 10.1. The Bertz CT molecular complexity index is 258. The third-order valence-electron chi connectivity index (χ3n) is 3.47. The maximum atomic E-state index is 11.4. The fourth-order valence-corrected chi connectivity index (χ4v) is 2.59. The van der Waals surface area contributed by atoms with Crippen molar-refractivity contribution in [1.82, 2.24) is 4.90 Å². The van der Waals surface area contributed by atoms with Crippen molar-refractivity contribution in [3.63, 3.8) is 0 Å². The number of nitrogens with zero attached hydrogens (tertiary/aromatic N) is 1. The molecule has 92 valence electrons. The van der Waals surface area contributed by atoms with E-state index in [0.29, 0.717) is 13.2 Å². The molecule has 2 fully saturated rings. The Morgan fingerprint density at radius 1 is 1.50 bits per heavy atom. The van der Waals surface area contributed by atoms with Crippen LogP contribution in [0.4, 0.5) is 0 Å². The molecule has 1 saturated heterocycles. The van der Waals surface area contributed by atoms with Crippen LogP contribution in [0.25, 0.3) is 0 Å². The minimum absolute atomic E-state index is 0.191. The van der Waals surface area contributed by atoms with Crippen LogP contribution in [0.3, 0.4) is 0 Å². The molecule has 0 aromatic carbocycles. The van der Waals surface area contributed by atoms with E-state index < -0.39 is 6.10 Å². The fourth-order valence-electron chi connectivity index (χ4n) is 2.59. The highest BCUT2D eigenvalue weighted by Crippen LogP contribution is 2.25. The Kier molecular flexibility index (Phi) is 3.78. The maximum absolute atomic E-state index is 11.4. The van der Waals surface area contributed by atoms with Crippen molar-refractivity contribution >= 4 is 5.97 Å². The van der Waals surface area contributed by atoms with Gasteiger partial charge in [0.05, 0.1) is 19.8 Å². The Morgan fingerprint density at radius 3 is 2.94 bits per heavy atom. The number of morpholine rings is 1. The molecule has 5 nitrogen and oxygen atoms in total. The predicted octanol–water partition coefficient (Wildman–Crippen LogP) is -0.226. The largest absolute Gasteiger partial charge is 0.467 e. The van der Waals surface area contributed by atoms with Gasteiger partial charge in [0.1, 0.15) is 0 Å². The number of esters is 1. The Balaban J connectivity index is 1.93. The van der Waals surface area contributed by atoms with Crippen LogP contribution in [-0.4, -0.2) is 61.0 Å². The number of rotatable bonds is 2. The Labute approximate surface area is 95.3 Å². The van der Waals surface area contributed by atoms with Crippen LogP contribution >= 0.6 is 0 Å². The summed E-state index contributed by atoms with van der Waals surface area (Å²) in [5, 5.41) is 9.82. The van der Waals surface area contributed by atoms with E-state index in [2.05, 4.69) is 9.64 Å². The van der Waals surface area contributed by atoms with Crippen LogP contribution < -0.4 is 0 Å². The first-order chi connectivity index (χ1) is 7.72. The zero-order valence-electron chi connectivity index (χ0n) is 9.59. The van der Waals surface area contributed by atoms with Gasteiger partial charge in [0.15, 0.2) is 6.10 Å². The topological polar surface area (TPSA) is 59.0 Å². The summed E-state index contributed by atoms with van der Waals surface area (Å²) in [6.07, 6.45) is 2.19. The molecule has 2 rings (SSSR count). The molecule has 1 aliphatic carbocycles. The van der Waals surface area contributed by atoms with Gasteiger partial charge in [-0.15, -0.1) is 0 Å². The molecule has 2 aliphatic rings. The Hall–Kier alpha value is -0.650. The van der Waals surface area contributed by atoms with Crippen molar-refractivity contribution in [1.29, 1.82) is 0 Å². The van der Waals surface area contributed by atoms with Crippen LogP contribution in [0.1, 0.15) is 19.3 Å². The van der Waals surface area contributed by atoms with Crippen LogP contribution in [0.5, 0.6) is 0 Å². The highest BCUT2D eigenvalue weighted by Gasteiger charge is 2.36. The summed E-state index contributed by atoms with van der Waals surface area (Å²) >= 11 is 0. The monoisotopic (exact) mass is 229 g/mol. The van der Waals surface area contributed by atoms with Crippen molar-refractivity contribution in [2.24, 2.45) is 0 Å². The number of aliphatic hydroxyl groups excluding tert-OH is 1. The summed E-state index contributed by atoms with van der Waals surface area (Å²) in [5.41, 5.74) is 0. The summed E-state index contributed by atoms with van der Waals surface area (Å²) in [4.78, 5) is 13.5. The molecular weight excluding hydrogens is 210 g/mol. The smallest absolute Gasteiger partial charge is 0.336 e. The first kappa shape index (κ1) is 11.8. The molecule has 3 unspecified atom stereocenters. The minimum Gasteiger partial charge on any atom is -0.467 e. The summed E-state index contributed by atoms with van der Waals surface area (Å²) < 4.78 is 10.0. The van der Waals surface area contributed by atoms with Crippen LogP contribution in [-0.2, 0) is 14.3 Å². The number of hydrogen-bond donors (Lipinski definition) is 1. The molecule has 1 saturated carbocycles. The average Bonchev–Trinajstić information content (AvgIpc) is 2.74. The van der Waals surface area contributed by atoms with Gasteiger partial charge in [0.25, 0.3) is 0 Å². The first-order valence-electron chi connectivity index (χ1n) is 5.84. The fraction of sp³-hybridized carbons (Fsp3) is 0.909. The predicted molar refractivity (Wildman–Crippen MR) is 57.0 cm³/mol. The minimum atomic E-state index is -0.494. The second kappa shape index (κ2) is 5.12. The van der Waals surface area contributed by atoms with E-state index in [4.69, 9.17) is 4.74 Å². The second-order valence-electron chi connectivity index (χ2n) is 4.44. The molecule has 0 radical (unpaired) electrons. The lowest BCUT2D eigenvalue weighted by Gasteiger charge is -2.36. The van der Waals surface area contributed by atoms with Crippen LogP contribution in [0, 0.1) is 0 Å². The summed E-state index contributed by atoms with van der Waals surface area (Å²) in [7, 11) is 1.37. The highest BCUT2D eigenvalue weighted by molar-refractivity contribution is 5.74. The van der Waals surface area contributed by atoms with Gasteiger partial charge < -0.3 is 14.6 Å². The number of hydrogen-bond acceptors (Lipinski definition) is 5. The molecule has 0 spiro atoms. The van der Waals surface area contributed by atoms with E-state index in [9.17, 15) is 9.90 Å². The molecule has 0 bridgehead atoms. The van der Waals surface area contributed by atoms with E-state index in [1.165, 1.54) is 7.11 Å². The number of ether oxygens (including phenoxy) is 2. The average molecular weight is 229 g/mol. The normalized spacial score (nSPS) is 36.2. The SMILES string of the molecule is COC(=O)C1CN(C2CCCC2O)CCO1. The van der Waals surface area contributed by atoms with Crippen molar-refractivity contribution in [2.75, 3.05) is 26.8 Å². The van der Waals surface area contributed by atoms with Gasteiger partial charge in [0, 0.05) is 19.1 Å². The van der Waals surface area contributed by atoms with E-state index in [1.807, 2.05) is 0 Å². The standard InChI is InChI=1S/C11H19NO4/c1-15-11(14)10-7-12(5-6-16-10)8-3-2-4-9(8)13/h8-10,13H,2-7H2,1H3. The number of aliphatic hydroxyl groups is 1. The zero-order valence-corrected chi connectivity index (χ0v) is 9.59. The molecule has 0 amide bonds. The van der Waals surface area contributed by atoms with Crippen molar-refractivity contribution in [2.45, 2.75) is 37.5 Å². The van der Waals surface area contributed by atoms with E-state index in [-0.39, 0.29) is 18.1 Å². The molecule has 5 heteroatoms. The zero-order chi connectivity index (χ0) is 11.5. The van der Waals surface area contributed by atoms with Gasteiger partial charge in [-0.2, -0.15) is 0 Å². The third kappa shape index (κ3) is 2.36. The van der Waals surface area contributed by atoms with E-state index >= 15 is 0 Å². The van der Waals surface area contributed by atoms with Gasteiger partial charge in [-0.05, 0) is 19.3 Å². The maximum Gasteiger partial charge on any atom is 0.336 e. The molecule has 0 aromatic heterocycles. The molecule has 1 aliphatic heterocycles. The Morgan fingerprint density at radius 2 is 2.31 bits per heavy atom. The number of carbonyl (C=O) groups excluding carboxylic acids is 1. The molecule has 1 N–H and O–H groups in total. The number of carbonyl (C=O) groups is 1.